The third kappa shape index (κ3) is 2.30. The van der Waals surface area contributed by atoms with Crippen LogP contribution in [-0.2, 0) is 0 Å². The van der Waals surface area contributed by atoms with Crippen LogP contribution < -0.4 is 16.4 Å². The number of rotatable bonds is 2. The van der Waals surface area contributed by atoms with Gasteiger partial charge in [0, 0.05) is 19.8 Å². The molecule has 1 heterocycles. The topological polar surface area (TPSA) is 50.1 Å². The largest absolute Gasteiger partial charge is 0.330 e. The van der Waals surface area contributed by atoms with Crippen LogP contribution in [0.15, 0.2) is 0 Å². The lowest BCUT2D eigenvalue weighted by Gasteiger charge is -2.22. The normalized spacial score (nSPS) is 22.3. The van der Waals surface area contributed by atoms with Crippen molar-refractivity contribution in [2.24, 2.45) is 11.7 Å². The highest BCUT2D eigenvalue weighted by Crippen LogP contribution is 1.99. The Bertz CT molecular complexity index is 65.9. The second-order valence-electron chi connectivity index (χ2n) is 2.53. The molecule has 3 heteroatoms. The smallest absolute Gasteiger partial charge is 0.0454 e. The SMILES string of the molecule is NCCC1CNCNC1. The molecule has 0 spiro atoms. The lowest BCUT2D eigenvalue weighted by molar-refractivity contribution is 0.359. The molecule has 4 N–H and O–H groups in total. The average molecular weight is 129 g/mol. The fraction of sp³-hybridized carbons (Fsp3) is 1.00. The molecule has 0 amide bonds. The summed E-state index contributed by atoms with van der Waals surface area (Å²) in [5.74, 6) is 0.753. The summed E-state index contributed by atoms with van der Waals surface area (Å²) >= 11 is 0. The van der Waals surface area contributed by atoms with Gasteiger partial charge in [-0.3, -0.25) is 0 Å². The van der Waals surface area contributed by atoms with E-state index in [-0.39, 0.29) is 0 Å². The summed E-state index contributed by atoms with van der Waals surface area (Å²) in [6.45, 7) is 4.03. The third-order valence-electron chi connectivity index (χ3n) is 1.69. The van der Waals surface area contributed by atoms with Crippen LogP contribution in [0, 0.1) is 5.92 Å². The van der Waals surface area contributed by atoms with Crippen LogP contribution in [-0.4, -0.2) is 26.3 Å². The summed E-state index contributed by atoms with van der Waals surface area (Å²) < 4.78 is 0. The van der Waals surface area contributed by atoms with Crippen molar-refractivity contribution >= 4 is 0 Å². The molecular formula is C6H15N3. The van der Waals surface area contributed by atoms with Crippen molar-refractivity contribution in [1.82, 2.24) is 10.6 Å². The van der Waals surface area contributed by atoms with Gasteiger partial charge in [-0.25, -0.2) is 0 Å². The molecule has 0 aromatic carbocycles. The van der Waals surface area contributed by atoms with Gasteiger partial charge in [-0.1, -0.05) is 0 Å². The Morgan fingerprint density at radius 2 is 2.00 bits per heavy atom. The molecule has 0 aromatic heterocycles. The van der Waals surface area contributed by atoms with E-state index < -0.39 is 0 Å². The van der Waals surface area contributed by atoms with Crippen LogP contribution in [0.25, 0.3) is 0 Å². The van der Waals surface area contributed by atoms with E-state index in [1.807, 2.05) is 0 Å². The standard InChI is InChI=1S/C6H15N3/c7-2-1-6-3-8-5-9-4-6/h6,8-9H,1-5,7H2. The molecular weight excluding hydrogens is 114 g/mol. The van der Waals surface area contributed by atoms with Gasteiger partial charge in [-0.05, 0) is 18.9 Å². The van der Waals surface area contributed by atoms with E-state index in [0.29, 0.717) is 0 Å². The van der Waals surface area contributed by atoms with Gasteiger partial charge in [0.15, 0.2) is 0 Å². The Balaban J connectivity index is 2.08. The maximum Gasteiger partial charge on any atom is 0.0454 e. The molecule has 0 aliphatic carbocycles. The van der Waals surface area contributed by atoms with Crippen molar-refractivity contribution in [2.45, 2.75) is 6.42 Å². The van der Waals surface area contributed by atoms with Crippen LogP contribution in [0.2, 0.25) is 0 Å². The van der Waals surface area contributed by atoms with Crippen LogP contribution in [0.5, 0.6) is 0 Å². The second kappa shape index (κ2) is 3.82. The monoisotopic (exact) mass is 129 g/mol. The first-order valence-corrected chi connectivity index (χ1v) is 3.55. The van der Waals surface area contributed by atoms with Gasteiger partial charge in [0.2, 0.25) is 0 Å². The first kappa shape index (κ1) is 6.99. The number of nitrogens with one attached hydrogen (secondary N) is 2. The fourth-order valence-corrected chi connectivity index (χ4v) is 1.15. The van der Waals surface area contributed by atoms with Gasteiger partial charge in [0.05, 0.1) is 0 Å². The lowest BCUT2D eigenvalue weighted by atomic mass is 10.1. The molecule has 0 atom stereocenters. The van der Waals surface area contributed by atoms with Crippen molar-refractivity contribution in [3.8, 4) is 0 Å². The predicted octanol–water partition coefficient (Wildman–Crippen LogP) is -0.898. The second-order valence-corrected chi connectivity index (χ2v) is 2.53. The van der Waals surface area contributed by atoms with Crippen molar-refractivity contribution in [3.05, 3.63) is 0 Å². The minimum Gasteiger partial charge on any atom is -0.330 e. The molecule has 0 bridgehead atoms. The molecule has 0 saturated carbocycles. The van der Waals surface area contributed by atoms with Crippen molar-refractivity contribution < 1.29 is 0 Å². The minimum absolute atomic E-state index is 0.753. The highest BCUT2D eigenvalue weighted by atomic mass is 15.1. The van der Waals surface area contributed by atoms with E-state index in [0.717, 1.165) is 38.6 Å². The Hall–Kier alpha value is -0.120. The van der Waals surface area contributed by atoms with Crippen LogP contribution in [0.3, 0.4) is 0 Å². The molecule has 1 rings (SSSR count). The molecule has 0 aromatic rings. The Kier molecular flexibility index (Phi) is 2.97. The summed E-state index contributed by atoms with van der Waals surface area (Å²) in [6.07, 6.45) is 1.14. The van der Waals surface area contributed by atoms with Crippen molar-refractivity contribution in [1.29, 1.82) is 0 Å². The fourth-order valence-electron chi connectivity index (χ4n) is 1.15. The highest BCUT2D eigenvalue weighted by molar-refractivity contribution is 4.69. The van der Waals surface area contributed by atoms with Crippen LogP contribution in [0.1, 0.15) is 6.42 Å². The van der Waals surface area contributed by atoms with E-state index in [2.05, 4.69) is 10.6 Å². The summed E-state index contributed by atoms with van der Waals surface area (Å²) in [7, 11) is 0. The Morgan fingerprint density at radius 1 is 1.33 bits per heavy atom. The molecule has 0 radical (unpaired) electrons. The summed E-state index contributed by atoms with van der Waals surface area (Å²) in [5, 5.41) is 6.51. The molecule has 9 heavy (non-hydrogen) atoms. The number of hydrogen-bond acceptors (Lipinski definition) is 3. The molecule has 1 saturated heterocycles. The quantitative estimate of drug-likeness (QED) is 0.453. The van der Waals surface area contributed by atoms with Gasteiger partial charge >= 0.3 is 0 Å². The van der Waals surface area contributed by atoms with Gasteiger partial charge in [-0.15, -0.1) is 0 Å². The van der Waals surface area contributed by atoms with Gasteiger partial charge in [-0.2, -0.15) is 0 Å². The van der Waals surface area contributed by atoms with Crippen LogP contribution >= 0.6 is 0 Å². The van der Waals surface area contributed by atoms with E-state index >= 15 is 0 Å². The van der Waals surface area contributed by atoms with E-state index in [1.165, 1.54) is 0 Å². The first-order chi connectivity index (χ1) is 4.43. The summed E-state index contributed by atoms with van der Waals surface area (Å²) in [5.41, 5.74) is 5.40. The Labute approximate surface area is 56.0 Å². The zero-order valence-electron chi connectivity index (χ0n) is 5.69. The average Bonchev–Trinajstić information content (AvgIpc) is 1.91. The lowest BCUT2D eigenvalue weighted by Crippen LogP contribution is -2.44. The van der Waals surface area contributed by atoms with E-state index in [1.54, 1.807) is 0 Å². The minimum atomic E-state index is 0.753. The molecule has 0 unspecified atom stereocenters. The van der Waals surface area contributed by atoms with E-state index in [9.17, 15) is 0 Å². The number of hydrogen-bond donors (Lipinski definition) is 3. The van der Waals surface area contributed by atoms with Crippen LogP contribution in [0.4, 0.5) is 0 Å². The first-order valence-electron chi connectivity index (χ1n) is 3.55. The maximum atomic E-state index is 5.40. The highest BCUT2D eigenvalue weighted by Gasteiger charge is 2.09. The predicted molar refractivity (Wildman–Crippen MR) is 38.0 cm³/mol. The Morgan fingerprint density at radius 3 is 2.56 bits per heavy atom. The third-order valence-corrected chi connectivity index (χ3v) is 1.69. The summed E-state index contributed by atoms with van der Waals surface area (Å²) in [4.78, 5) is 0. The maximum absolute atomic E-state index is 5.40. The molecule has 1 aliphatic rings. The molecule has 1 fully saturated rings. The zero-order valence-corrected chi connectivity index (χ0v) is 5.69. The molecule has 54 valence electrons. The van der Waals surface area contributed by atoms with Gasteiger partial charge < -0.3 is 16.4 Å². The number of nitrogens with two attached hydrogens (primary N) is 1. The van der Waals surface area contributed by atoms with Gasteiger partial charge in [0.1, 0.15) is 0 Å². The van der Waals surface area contributed by atoms with Crippen molar-refractivity contribution in [3.63, 3.8) is 0 Å². The molecule has 3 nitrogen and oxygen atoms in total. The van der Waals surface area contributed by atoms with Gasteiger partial charge in [0.25, 0.3) is 0 Å². The van der Waals surface area contributed by atoms with E-state index in [4.69, 9.17) is 5.73 Å². The van der Waals surface area contributed by atoms with Crippen molar-refractivity contribution in [2.75, 3.05) is 26.3 Å². The zero-order chi connectivity index (χ0) is 6.53. The summed E-state index contributed by atoms with van der Waals surface area (Å²) in [6, 6.07) is 0. The molecule has 1 aliphatic heterocycles.